The summed E-state index contributed by atoms with van der Waals surface area (Å²) in [5, 5.41) is 13.3. The van der Waals surface area contributed by atoms with Crippen molar-refractivity contribution < 1.29 is 14.8 Å². The fraction of sp³-hybridized carbons (Fsp3) is 0.500. The highest BCUT2D eigenvalue weighted by Gasteiger charge is 2.21. The number of rotatable bonds is 4. The summed E-state index contributed by atoms with van der Waals surface area (Å²) in [4.78, 5) is 11.4. The number of aliphatic hydroxyl groups excluding tert-OH is 1. The number of nitrogens with zero attached hydrogens (tertiary/aromatic N) is 3. The van der Waals surface area contributed by atoms with Gasteiger partial charge in [-0.1, -0.05) is 0 Å². The lowest BCUT2D eigenvalue weighted by atomic mass is 10.1. The SMILES string of the molecule is CO[n+]1nc(CCCO)nc2cc3c(cc21)CCC3. The third-order valence-electron chi connectivity index (χ3n) is 3.58. The third-order valence-corrected chi connectivity index (χ3v) is 3.58. The Labute approximate surface area is 111 Å². The van der Waals surface area contributed by atoms with Gasteiger partial charge in [0.15, 0.2) is 7.11 Å². The maximum absolute atomic E-state index is 8.90. The average Bonchev–Trinajstić information content (AvgIpc) is 2.88. The van der Waals surface area contributed by atoms with E-state index in [1.54, 1.807) is 7.11 Å². The van der Waals surface area contributed by atoms with Crippen LogP contribution in [0, 0.1) is 0 Å². The highest BCUT2D eigenvalue weighted by atomic mass is 16.7. The summed E-state index contributed by atoms with van der Waals surface area (Å²) in [6, 6.07) is 4.29. The van der Waals surface area contributed by atoms with Crippen LogP contribution in [0.4, 0.5) is 0 Å². The molecule has 1 aliphatic carbocycles. The number of aryl methyl sites for hydroxylation is 3. The molecule has 5 nitrogen and oxygen atoms in total. The molecule has 0 saturated heterocycles. The number of benzene rings is 1. The molecule has 1 aromatic heterocycles. The van der Waals surface area contributed by atoms with Crippen LogP contribution in [0.1, 0.15) is 29.8 Å². The van der Waals surface area contributed by atoms with Gasteiger partial charge < -0.3 is 5.11 Å². The lowest BCUT2D eigenvalue weighted by Crippen LogP contribution is -2.46. The van der Waals surface area contributed by atoms with Gasteiger partial charge in [-0.05, 0) is 42.9 Å². The molecule has 19 heavy (non-hydrogen) atoms. The summed E-state index contributed by atoms with van der Waals surface area (Å²) in [5.74, 6) is 0.710. The zero-order valence-electron chi connectivity index (χ0n) is 11.1. The first-order valence-corrected chi connectivity index (χ1v) is 6.72. The molecule has 1 aromatic carbocycles. The molecule has 0 bridgehead atoms. The second kappa shape index (κ2) is 5.09. The first-order valence-electron chi connectivity index (χ1n) is 6.72. The predicted molar refractivity (Wildman–Crippen MR) is 69.7 cm³/mol. The molecule has 0 unspecified atom stereocenters. The topological polar surface area (TPSA) is 59.1 Å². The first-order chi connectivity index (χ1) is 9.31. The molecule has 1 aliphatic rings. The molecule has 0 atom stereocenters. The number of hydrogen-bond donors (Lipinski definition) is 1. The standard InChI is InChI=1S/C14H18N3O2/c1-19-17-13-9-11-5-2-4-10(11)8-12(13)15-14(16-17)6-3-7-18/h8-9,18H,2-7H2,1H3/q+1. The normalized spacial score (nSPS) is 13.8. The second-order valence-electron chi connectivity index (χ2n) is 4.87. The Hall–Kier alpha value is -1.75. The van der Waals surface area contributed by atoms with Crippen molar-refractivity contribution in [1.82, 2.24) is 10.1 Å². The van der Waals surface area contributed by atoms with Gasteiger partial charge in [-0.15, -0.1) is 0 Å². The van der Waals surface area contributed by atoms with Gasteiger partial charge in [0, 0.05) is 19.1 Å². The maximum Gasteiger partial charge on any atom is 0.315 e. The maximum atomic E-state index is 8.90. The van der Waals surface area contributed by atoms with Crippen molar-refractivity contribution in [1.29, 1.82) is 0 Å². The molecule has 0 spiro atoms. The van der Waals surface area contributed by atoms with Gasteiger partial charge in [-0.2, -0.15) is 0 Å². The van der Waals surface area contributed by atoms with Crippen LogP contribution in [0.5, 0.6) is 0 Å². The van der Waals surface area contributed by atoms with Gasteiger partial charge in [-0.25, -0.2) is 9.82 Å². The largest absolute Gasteiger partial charge is 0.396 e. The van der Waals surface area contributed by atoms with Gasteiger partial charge >= 0.3 is 5.52 Å². The van der Waals surface area contributed by atoms with E-state index in [1.807, 2.05) is 0 Å². The lowest BCUT2D eigenvalue weighted by molar-refractivity contribution is -0.911. The molecule has 0 aliphatic heterocycles. The van der Waals surface area contributed by atoms with Crippen LogP contribution in [0.3, 0.4) is 0 Å². The fourth-order valence-electron chi connectivity index (χ4n) is 2.64. The van der Waals surface area contributed by atoms with Crippen LogP contribution in [0.25, 0.3) is 11.0 Å². The highest BCUT2D eigenvalue weighted by molar-refractivity contribution is 5.73. The third kappa shape index (κ3) is 2.26. The van der Waals surface area contributed by atoms with Gasteiger partial charge in [0.2, 0.25) is 5.82 Å². The van der Waals surface area contributed by atoms with Crippen LogP contribution in [0.2, 0.25) is 0 Å². The lowest BCUT2D eigenvalue weighted by Gasteiger charge is -2.02. The van der Waals surface area contributed by atoms with Crippen LogP contribution in [-0.2, 0) is 19.3 Å². The highest BCUT2D eigenvalue weighted by Crippen LogP contribution is 2.24. The van der Waals surface area contributed by atoms with E-state index in [0.717, 1.165) is 23.9 Å². The minimum absolute atomic E-state index is 0.151. The average molecular weight is 260 g/mol. The van der Waals surface area contributed by atoms with Gasteiger partial charge in [0.25, 0.3) is 0 Å². The molecular formula is C14H18N3O2+. The zero-order chi connectivity index (χ0) is 13.2. The van der Waals surface area contributed by atoms with Gasteiger partial charge in [0.05, 0.1) is 5.10 Å². The van der Waals surface area contributed by atoms with Crippen molar-refractivity contribution in [3.05, 3.63) is 29.1 Å². The van der Waals surface area contributed by atoms with Crippen molar-refractivity contribution in [2.24, 2.45) is 0 Å². The molecule has 0 amide bonds. The molecule has 3 rings (SSSR count). The summed E-state index contributed by atoms with van der Waals surface area (Å²) in [6.45, 7) is 0.151. The van der Waals surface area contributed by atoms with Crippen molar-refractivity contribution in [3.63, 3.8) is 0 Å². The Morgan fingerprint density at radius 3 is 2.84 bits per heavy atom. The first kappa shape index (κ1) is 12.3. The zero-order valence-corrected chi connectivity index (χ0v) is 11.1. The van der Waals surface area contributed by atoms with Gasteiger partial charge in [-0.3, -0.25) is 0 Å². The molecule has 100 valence electrons. The molecule has 1 N–H and O–H groups in total. The summed E-state index contributed by atoms with van der Waals surface area (Å²) < 4.78 is 0. The molecular weight excluding hydrogens is 242 g/mol. The van der Waals surface area contributed by atoms with E-state index in [2.05, 4.69) is 22.2 Å². The van der Waals surface area contributed by atoms with E-state index in [4.69, 9.17) is 9.94 Å². The van der Waals surface area contributed by atoms with E-state index in [-0.39, 0.29) is 6.61 Å². The van der Waals surface area contributed by atoms with Crippen LogP contribution in [0.15, 0.2) is 12.1 Å². The predicted octanol–water partition coefficient (Wildman–Crippen LogP) is 0.389. The Kier molecular flexibility index (Phi) is 3.29. The van der Waals surface area contributed by atoms with Crippen molar-refractivity contribution in [3.8, 4) is 0 Å². The summed E-state index contributed by atoms with van der Waals surface area (Å²) in [7, 11) is 1.61. The van der Waals surface area contributed by atoms with Crippen LogP contribution in [-0.4, -0.2) is 28.9 Å². The smallest absolute Gasteiger partial charge is 0.315 e. The van der Waals surface area contributed by atoms with Crippen molar-refractivity contribution in [2.45, 2.75) is 32.1 Å². The van der Waals surface area contributed by atoms with E-state index < -0.39 is 0 Å². The quantitative estimate of drug-likeness (QED) is 0.808. The van der Waals surface area contributed by atoms with Crippen LogP contribution >= 0.6 is 0 Å². The Bertz CT molecular complexity index is 613. The monoisotopic (exact) mass is 260 g/mol. The van der Waals surface area contributed by atoms with E-state index in [0.29, 0.717) is 18.7 Å². The van der Waals surface area contributed by atoms with Crippen molar-refractivity contribution >= 4 is 11.0 Å². The Morgan fingerprint density at radius 1 is 1.32 bits per heavy atom. The number of fused-ring (bicyclic) bond motifs is 2. The number of aromatic nitrogens is 3. The Morgan fingerprint density at radius 2 is 2.11 bits per heavy atom. The molecule has 2 aromatic rings. The molecule has 0 fully saturated rings. The molecule has 5 heteroatoms. The molecule has 1 heterocycles. The van der Waals surface area contributed by atoms with E-state index in [1.165, 1.54) is 22.4 Å². The minimum atomic E-state index is 0.151. The second-order valence-corrected chi connectivity index (χ2v) is 4.87. The summed E-state index contributed by atoms with van der Waals surface area (Å²) in [6.07, 6.45) is 4.80. The minimum Gasteiger partial charge on any atom is -0.396 e. The fourth-order valence-corrected chi connectivity index (χ4v) is 2.64. The van der Waals surface area contributed by atoms with Gasteiger partial charge in [0.1, 0.15) is 10.4 Å². The van der Waals surface area contributed by atoms with E-state index in [9.17, 15) is 0 Å². The summed E-state index contributed by atoms with van der Waals surface area (Å²) in [5.41, 5.74) is 4.60. The number of hydrogen-bond acceptors (Lipinski definition) is 4. The number of aliphatic hydroxyl groups is 1. The summed E-state index contributed by atoms with van der Waals surface area (Å²) >= 11 is 0. The molecule has 0 radical (unpaired) electrons. The van der Waals surface area contributed by atoms with Crippen molar-refractivity contribution in [2.75, 3.05) is 13.7 Å². The molecule has 0 saturated carbocycles. The van der Waals surface area contributed by atoms with E-state index >= 15 is 0 Å². The van der Waals surface area contributed by atoms with Crippen LogP contribution < -0.4 is 9.68 Å². The Balaban J connectivity index is 2.11.